The van der Waals surface area contributed by atoms with Gasteiger partial charge in [0.25, 0.3) is 5.91 Å². The molecule has 4 rings (SSSR count). The molecule has 154 valence electrons. The van der Waals surface area contributed by atoms with Gasteiger partial charge in [-0.05, 0) is 41.5 Å². The predicted molar refractivity (Wildman–Crippen MR) is 116 cm³/mol. The number of hydrazone groups is 1. The Morgan fingerprint density at radius 3 is 2.65 bits per heavy atom. The van der Waals surface area contributed by atoms with Gasteiger partial charge in [0.15, 0.2) is 0 Å². The van der Waals surface area contributed by atoms with E-state index in [0.717, 1.165) is 11.1 Å². The first-order chi connectivity index (χ1) is 15.2. The van der Waals surface area contributed by atoms with E-state index in [4.69, 9.17) is 4.74 Å². The minimum absolute atomic E-state index is 0.266. The third-order valence-corrected chi connectivity index (χ3v) is 4.45. The molecular formula is C24H19FN4O2. The van der Waals surface area contributed by atoms with Crippen LogP contribution in [0.15, 0.2) is 90.0 Å². The fourth-order valence-corrected chi connectivity index (χ4v) is 2.85. The molecule has 4 aromatic rings. The summed E-state index contributed by atoms with van der Waals surface area (Å²) in [4.78, 5) is 12.3. The van der Waals surface area contributed by atoms with Crippen molar-refractivity contribution in [1.29, 1.82) is 0 Å². The van der Waals surface area contributed by atoms with Gasteiger partial charge in [-0.25, -0.2) is 9.82 Å². The molecule has 0 bridgehead atoms. The second-order valence-electron chi connectivity index (χ2n) is 6.72. The van der Waals surface area contributed by atoms with Gasteiger partial charge in [-0.3, -0.25) is 9.89 Å². The Hall–Kier alpha value is -4.26. The van der Waals surface area contributed by atoms with Crippen LogP contribution in [0.1, 0.15) is 21.6 Å². The van der Waals surface area contributed by atoms with E-state index >= 15 is 0 Å². The molecule has 0 radical (unpaired) electrons. The number of aromatic amines is 1. The Labute approximate surface area is 178 Å². The number of halogens is 1. The van der Waals surface area contributed by atoms with E-state index in [1.54, 1.807) is 18.2 Å². The molecule has 0 unspecified atom stereocenters. The number of H-pyrrole nitrogens is 1. The van der Waals surface area contributed by atoms with Gasteiger partial charge in [-0.15, -0.1) is 0 Å². The average molecular weight is 414 g/mol. The summed E-state index contributed by atoms with van der Waals surface area (Å²) in [6.45, 7) is 0.463. The number of nitrogens with one attached hydrogen (secondary N) is 2. The Morgan fingerprint density at radius 1 is 1.03 bits per heavy atom. The van der Waals surface area contributed by atoms with E-state index in [2.05, 4.69) is 20.7 Å². The van der Waals surface area contributed by atoms with Gasteiger partial charge in [-0.2, -0.15) is 10.2 Å². The molecule has 0 aliphatic heterocycles. The first kappa shape index (κ1) is 20.0. The van der Waals surface area contributed by atoms with Crippen LogP contribution in [0.2, 0.25) is 0 Å². The van der Waals surface area contributed by atoms with Crippen LogP contribution in [0.4, 0.5) is 4.39 Å². The molecule has 7 heteroatoms. The molecule has 0 spiro atoms. The lowest BCUT2D eigenvalue weighted by Gasteiger charge is -2.07. The summed E-state index contributed by atoms with van der Waals surface area (Å²) >= 11 is 0. The largest absolute Gasteiger partial charge is 0.489 e. The summed E-state index contributed by atoms with van der Waals surface area (Å²) < 4.78 is 18.8. The van der Waals surface area contributed by atoms with Crippen molar-refractivity contribution >= 4 is 12.1 Å². The normalized spacial score (nSPS) is 10.9. The smallest absolute Gasteiger partial charge is 0.289 e. The summed E-state index contributed by atoms with van der Waals surface area (Å²) in [6.07, 6.45) is 1.43. The first-order valence-electron chi connectivity index (χ1n) is 9.59. The molecule has 1 heterocycles. The van der Waals surface area contributed by atoms with E-state index < -0.39 is 5.91 Å². The lowest BCUT2D eigenvalue weighted by atomic mass is 10.1. The number of hydrogen-bond acceptors (Lipinski definition) is 4. The highest BCUT2D eigenvalue weighted by Gasteiger charge is 2.11. The molecule has 31 heavy (non-hydrogen) atoms. The van der Waals surface area contributed by atoms with Crippen molar-refractivity contribution in [3.8, 4) is 17.0 Å². The van der Waals surface area contributed by atoms with E-state index in [9.17, 15) is 9.18 Å². The first-order valence-corrected chi connectivity index (χ1v) is 9.59. The van der Waals surface area contributed by atoms with E-state index in [1.807, 2.05) is 54.6 Å². The van der Waals surface area contributed by atoms with Crippen molar-refractivity contribution < 1.29 is 13.9 Å². The summed E-state index contributed by atoms with van der Waals surface area (Å²) in [5.74, 6) is -0.0615. The van der Waals surface area contributed by atoms with Gasteiger partial charge < -0.3 is 4.74 Å². The Kier molecular flexibility index (Phi) is 6.13. The van der Waals surface area contributed by atoms with Crippen molar-refractivity contribution in [3.05, 3.63) is 108 Å². The topological polar surface area (TPSA) is 79.4 Å². The van der Waals surface area contributed by atoms with Crippen molar-refractivity contribution in [2.75, 3.05) is 0 Å². The van der Waals surface area contributed by atoms with Gasteiger partial charge in [-0.1, -0.05) is 54.6 Å². The van der Waals surface area contributed by atoms with Gasteiger partial charge in [0.05, 0.1) is 11.9 Å². The number of benzene rings is 3. The van der Waals surface area contributed by atoms with Crippen molar-refractivity contribution in [3.63, 3.8) is 0 Å². The molecule has 0 aliphatic rings. The number of nitrogens with zero attached hydrogens (tertiary/aromatic N) is 2. The number of ether oxygens (including phenoxy) is 1. The van der Waals surface area contributed by atoms with Crippen LogP contribution in [-0.2, 0) is 6.61 Å². The van der Waals surface area contributed by atoms with Crippen LogP contribution in [-0.4, -0.2) is 22.3 Å². The fraction of sp³-hybridized carbons (Fsp3) is 0.0417. The minimum atomic E-state index is -0.436. The molecular weight excluding hydrogens is 395 g/mol. The number of carbonyl (C=O) groups excluding carboxylic acids is 1. The standard InChI is InChI=1S/C24H19FN4O2/c25-20-11-9-17(10-12-20)15-26-29-24(30)23-14-22(27-28-23)19-7-4-8-21(13-19)31-16-18-5-2-1-3-6-18/h1-15H,16H2,(H,27,28)(H,29,30)/b26-15+. The Bertz CT molecular complexity index is 1190. The lowest BCUT2D eigenvalue weighted by molar-refractivity contribution is 0.0950. The molecule has 0 atom stereocenters. The molecule has 2 N–H and O–H groups in total. The molecule has 0 fully saturated rings. The Balaban J connectivity index is 1.38. The van der Waals surface area contributed by atoms with Crippen LogP contribution in [0.5, 0.6) is 5.75 Å². The van der Waals surface area contributed by atoms with Crippen LogP contribution >= 0.6 is 0 Å². The van der Waals surface area contributed by atoms with Crippen LogP contribution in [0, 0.1) is 5.82 Å². The summed E-state index contributed by atoms with van der Waals surface area (Å²) in [5, 5.41) is 10.8. The zero-order valence-corrected chi connectivity index (χ0v) is 16.5. The number of rotatable bonds is 7. The quantitative estimate of drug-likeness (QED) is 0.344. The van der Waals surface area contributed by atoms with E-state index in [0.29, 0.717) is 23.6 Å². The number of amides is 1. The minimum Gasteiger partial charge on any atom is -0.489 e. The maximum absolute atomic E-state index is 12.9. The molecule has 3 aromatic carbocycles. The highest BCUT2D eigenvalue weighted by molar-refractivity contribution is 5.94. The van der Waals surface area contributed by atoms with Gasteiger partial charge in [0, 0.05) is 5.56 Å². The third-order valence-electron chi connectivity index (χ3n) is 4.45. The second kappa shape index (κ2) is 9.49. The molecule has 0 saturated carbocycles. The summed E-state index contributed by atoms with van der Waals surface area (Å²) in [6, 6.07) is 24.8. The zero-order valence-electron chi connectivity index (χ0n) is 16.5. The van der Waals surface area contributed by atoms with Crippen LogP contribution in [0.25, 0.3) is 11.3 Å². The van der Waals surface area contributed by atoms with E-state index in [-0.39, 0.29) is 11.5 Å². The van der Waals surface area contributed by atoms with Crippen molar-refractivity contribution in [1.82, 2.24) is 15.6 Å². The monoisotopic (exact) mass is 414 g/mol. The van der Waals surface area contributed by atoms with Gasteiger partial charge in [0.2, 0.25) is 0 Å². The fourth-order valence-electron chi connectivity index (χ4n) is 2.85. The lowest BCUT2D eigenvalue weighted by Crippen LogP contribution is -2.17. The number of aromatic nitrogens is 2. The molecule has 6 nitrogen and oxygen atoms in total. The maximum Gasteiger partial charge on any atom is 0.289 e. The van der Waals surface area contributed by atoms with Crippen LogP contribution < -0.4 is 10.2 Å². The van der Waals surface area contributed by atoms with Gasteiger partial charge >= 0.3 is 0 Å². The molecule has 1 amide bonds. The molecule has 0 saturated heterocycles. The number of hydrogen-bond donors (Lipinski definition) is 2. The van der Waals surface area contributed by atoms with Crippen molar-refractivity contribution in [2.45, 2.75) is 6.61 Å². The molecule has 0 aliphatic carbocycles. The zero-order chi connectivity index (χ0) is 21.5. The average Bonchev–Trinajstić information content (AvgIpc) is 3.30. The maximum atomic E-state index is 12.9. The van der Waals surface area contributed by atoms with Crippen molar-refractivity contribution in [2.24, 2.45) is 5.10 Å². The SMILES string of the molecule is O=C(N/N=C/c1ccc(F)cc1)c1cc(-c2cccc(OCc3ccccc3)c2)n[nH]1. The molecule has 1 aromatic heterocycles. The Morgan fingerprint density at radius 2 is 1.84 bits per heavy atom. The summed E-state index contributed by atoms with van der Waals surface area (Å²) in [7, 11) is 0. The predicted octanol–water partition coefficient (Wildman–Crippen LogP) is 4.56. The van der Waals surface area contributed by atoms with Crippen LogP contribution in [0.3, 0.4) is 0 Å². The number of carbonyl (C=O) groups is 1. The van der Waals surface area contributed by atoms with E-state index in [1.165, 1.54) is 18.3 Å². The highest BCUT2D eigenvalue weighted by atomic mass is 19.1. The third kappa shape index (κ3) is 5.42. The summed E-state index contributed by atoms with van der Waals surface area (Å²) in [5.41, 5.74) is 5.85. The highest BCUT2D eigenvalue weighted by Crippen LogP contribution is 2.23. The van der Waals surface area contributed by atoms with Gasteiger partial charge in [0.1, 0.15) is 23.9 Å². The second-order valence-corrected chi connectivity index (χ2v) is 6.72.